The van der Waals surface area contributed by atoms with E-state index < -0.39 is 0 Å². The fraction of sp³-hybridized carbons (Fsp3) is 0.938. The van der Waals surface area contributed by atoms with E-state index in [4.69, 9.17) is 4.74 Å². The maximum atomic E-state index is 12.2. The molecule has 0 spiro atoms. The number of nitrogens with zero attached hydrogens (tertiary/aromatic N) is 2. The predicted octanol–water partition coefficient (Wildman–Crippen LogP) is 1.34. The largest absolute Gasteiger partial charge is 0.368 e. The van der Waals surface area contributed by atoms with Crippen LogP contribution in [0.15, 0.2) is 0 Å². The molecule has 0 saturated carbocycles. The third-order valence-corrected chi connectivity index (χ3v) is 4.26. The van der Waals surface area contributed by atoms with Crippen LogP contribution in [0, 0.1) is 0 Å². The van der Waals surface area contributed by atoms with Gasteiger partial charge in [0.1, 0.15) is 6.61 Å². The van der Waals surface area contributed by atoms with Gasteiger partial charge in [0.05, 0.1) is 6.10 Å². The van der Waals surface area contributed by atoms with Crippen LogP contribution < -0.4 is 5.32 Å². The van der Waals surface area contributed by atoms with Crippen molar-refractivity contribution in [3.05, 3.63) is 0 Å². The molecule has 0 unspecified atom stereocenters. The molecule has 0 aliphatic carbocycles. The lowest BCUT2D eigenvalue weighted by Crippen LogP contribution is -2.39. The van der Waals surface area contributed by atoms with Crippen LogP contribution >= 0.6 is 0 Å². The van der Waals surface area contributed by atoms with E-state index in [-0.39, 0.29) is 18.6 Å². The molecule has 0 atom stereocenters. The highest BCUT2D eigenvalue weighted by Crippen LogP contribution is 2.07. The number of piperidine rings is 1. The van der Waals surface area contributed by atoms with Crippen LogP contribution in [0.5, 0.6) is 0 Å². The first-order valence-corrected chi connectivity index (χ1v) is 8.53. The number of carbonyl (C=O) groups is 1. The van der Waals surface area contributed by atoms with E-state index in [2.05, 4.69) is 24.1 Å². The normalized spacial score (nSPS) is 16.4. The maximum absolute atomic E-state index is 12.2. The van der Waals surface area contributed by atoms with Gasteiger partial charge in [0, 0.05) is 13.1 Å². The monoisotopic (exact) mass is 299 g/mol. The van der Waals surface area contributed by atoms with E-state index in [0.717, 1.165) is 65.1 Å². The van der Waals surface area contributed by atoms with Gasteiger partial charge in [-0.2, -0.15) is 0 Å². The van der Waals surface area contributed by atoms with Crippen LogP contribution in [-0.4, -0.2) is 74.2 Å². The highest BCUT2D eigenvalue weighted by molar-refractivity contribution is 5.77. The number of likely N-dealkylation sites (N-methyl/N-ethyl adjacent to an activating group) is 1. The molecule has 5 heteroatoms. The molecule has 124 valence electrons. The molecule has 5 nitrogen and oxygen atoms in total. The Hall–Kier alpha value is -0.650. The first kappa shape index (κ1) is 18.4. The van der Waals surface area contributed by atoms with Gasteiger partial charge in [-0.3, -0.25) is 4.79 Å². The molecule has 1 amide bonds. The van der Waals surface area contributed by atoms with Crippen molar-refractivity contribution >= 4 is 5.91 Å². The summed E-state index contributed by atoms with van der Waals surface area (Å²) in [5.41, 5.74) is 0. The molecule has 0 aromatic heterocycles. The minimum atomic E-state index is 0.135. The molecule has 1 aliphatic heterocycles. The minimum absolute atomic E-state index is 0.135. The third kappa shape index (κ3) is 7.25. The molecule has 0 aromatic carbocycles. The summed E-state index contributed by atoms with van der Waals surface area (Å²) in [6.07, 6.45) is 3.32. The van der Waals surface area contributed by atoms with Crippen molar-refractivity contribution in [2.24, 2.45) is 0 Å². The molecular formula is C16H33N3O2. The van der Waals surface area contributed by atoms with E-state index in [1.807, 2.05) is 11.8 Å². The van der Waals surface area contributed by atoms with E-state index in [1.165, 1.54) is 0 Å². The average Bonchev–Trinajstić information content (AvgIpc) is 2.54. The molecule has 1 fully saturated rings. The molecule has 0 aromatic rings. The molecule has 0 bridgehead atoms. The van der Waals surface area contributed by atoms with Gasteiger partial charge in [0.25, 0.3) is 0 Å². The molecule has 0 radical (unpaired) electrons. The second-order valence-corrected chi connectivity index (χ2v) is 5.61. The minimum Gasteiger partial charge on any atom is -0.368 e. The molecule has 1 aliphatic rings. The van der Waals surface area contributed by atoms with Crippen LogP contribution in [0.1, 0.15) is 40.0 Å². The standard InChI is InChI=1S/C16H33N3O2/c1-4-18(5-2)12-7-13-19(6-3)16(20)14-21-15-8-10-17-11-9-15/h15,17H,4-14H2,1-3H3. The second-order valence-electron chi connectivity index (χ2n) is 5.61. The Bertz CT molecular complexity index is 277. The molecular weight excluding hydrogens is 266 g/mol. The average molecular weight is 299 g/mol. The van der Waals surface area contributed by atoms with Crippen molar-refractivity contribution in [3.63, 3.8) is 0 Å². The number of nitrogens with one attached hydrogen (secondary N) is 1. The molecule has 1 saturated heterocycles. The Morgan fingerprint density at radius 2 is 1.76 bits per heavy atom. The summed E-state index contributed by atoms with van der Waals surface area (Å²) in [5.74, 6) is 0.135. The van der Waals surface area contributed by atoms with E-state index in [1.54, 1.807) is 0 Å². The summed E-state index contributed by atoms with van der Waals surface area (Å²) in [7, 11) is 0. The summed E-state index contributed by atoms with van der Waals surface area (Å²) in [5, 5.41) is 3.31. The number of ether oxygens (including phenoxy) is 1. The Morgan fingerprint density at radius 1 is 1.10 bits per heavy atom. The van der Waals surface area contributed by atoms with Gasteiger partial charge in [-0.1, -0.05) is 13.8 Å². The molecule has 1 heterocycles. The topological polar surface area (TPSA) is 44.8 Å². The lowest BCUT2D eigenvalue weighted by atomic mass is 10.1. The quantitative estimate of drug-likeness (QED) is 0.661. The van der Waals surface area contributed by atoms with Crippen molar-refractivity contribution < 1.29 is 9.53 Å². The van der Waals surface area contributed by atoms with Gasteiger partial charge in [0.15, 0.2) is 0 Å². The Labute approximate surface area is 130 Å². The zero-order chi connectivity index (χ0) is 15.5. The van der Waals surface area contributed by atoms with Gasteiger partial charge in [-0.25, -0.2) is 0 Å². The first-order chi connectivity index (χ1) is 10.2. The number of hydrogen-bond donors (Lipinski definition) is 1. The van der Waals surface area contributed by atoms with Gasteiger partial charge < -0.3 is 19.9 Å². The van der Waals surface area contributed by atoms with Crippen LogP contribution in [-0.2, 0) is 9.53 Å². The van der Waals surface area contributed by atoms with Crippen LogP contribution in [0.25, 0.3) is 0 Å². The van der Waals surface area contributed by atoms with Crippen molar-refractivity contribution in [3.8, 4) is 0 Å². The van der Waals surface area contributed by atoms with Crippen LogP contribution in [0.3, 0.4) is 0 Å². The zero-order valence-corrected chi connectivity index (χ0v) is 14.1. The van der Waals surface area contributed by atoms with E-state index >= 15 is 0 Å². The SMILES string of the molecule is CCN(CC)CCCN(CC)C(=O)COC1CCNCC1. The molecule has 21 heavy (non-hydrogen) atoms. The highest BCUT2D eigenvalue weighted by atomic mass is 16.5. The highest BCUT2D eigenvalue weighted by Gasteiger charge is 2.17. The smallest absolute Gasteiger partial charge is 0.248 e. The summed E-state index contributed by atoms with van der Waals surface area (Å²) in [6.45, 7) is 13.5. The van der Waals surface area contributed by atoms with Gasteiger partial charge >= 0.3 is 0 Å². The fourth-order valence-electron chi connectivity index (χ4n) is 2.73. The summed E-state index contributed by atoms with van der Waals surface area (Å²) < 4.78 is 5.76. The summed E-state index contributed by atoms with van der Waals surface area (Å²) in [4.78, 5) is 16.5. The van der Waals surface area contributed by atoms with E-state index in [0.29, 0.717) is 0 Å². The summed E-state index contributed by atoms with van der Waals surface area (Å²) >= 11 is 0. The Morgan fingerprint density at radius 3 is 2.33 bits per heavy atom. The van der Waals surface area contributed by atoms with Crippen molar-refractivity contribution in [2.75, 3.05) is 52.4 Å². The van der Waals surface area contributed by atoms with Crippen molar-refractivity contribution in [1.29, 1.82) is 0 Å². The van der Waals surface area contributed by atoms with Gasteiger partial charge in [0.2, 0.25) is 5.91 Å². The first-order valence-electron chi connectivity index (χ1n) is 8.53. The number of carbonyl (C=O) groups excluding carboxylic acids is 1. The molecule has 1 N–H and O–H groups in total. The zero-order valence-electron chi connectivity index (χ0n) is 14.1. The van der Waals surface area contributed by atoms with Crippen molar-refractivity contribution in [1.82, 2.24) is 15.1 Å². The summed E-state index contributed by atoms with van der Waals surface area (Å²) in [6, 6.07) is 0. The Kier molecular flexibility index (Phi) is 9.63. The van der Waals surface area contributed by atoms with Gasteiger partial charge in [-0.15, -0.1) is 0 Å². The van der Waals surface area contributed by atoms with E-state index in [9.17, 15) is 4.79 Å². The van der Waals surface area contributed by atoms with Crippen LogP contribution in [0.2, 0.25) is 0 Å². The molecule has 1 rings (SSSR count). The lowest BCUT2D eigenvalue weighted by molar-refractivity contribution is -0.138. The second kappa shape index (κ2) is 11.0. The maximum Gasteiger partial charge on any atom is 0.248 e. The number of rotatable bonds is 10. The number of hydrogen-bond acceptors (Lipinski definition) is 4. The Balaban J connectivity index is 2.21. The number of amides is 1. The van der Waals surface area contributed by atoms with Crippen molar-refractivity contribution in [2.45, 2.75) is 46.1 Å². The predicted molar refractivity (Wildman–Crippen MR) is 86.5 cm³/mol. The lowest BCUT2D eigenvalue weighted by Gasteiger charge is -2.26. The third-order valence-electron chi connectivity index (χ3n) is 4.26. The van der Waals surface area contributed by atoms with Crippen LogP contribution in [0.4, 0.5) is 0 Å². The van der Waals surface area contributed by atoms with Gasteiger partial charge in [-0.05, 0) is 58.9 Å². The fourth-order valence-corrected chi connectivity index (χ4v) is 2.73.